The molecule has 15 heavy (non-hydrogen) atoms. The van der Waals surface area contributed by atoms with Crippen molar-refractivity contribution in [3.05, 3.63) is 28.8 Å². The van der Waals surface area contributed by atoms with Crippen molar-refractivity contribution >= 4 is 5.78 Å². The van der Waals surface area contributed by atoms with Gasteiger partial charge in [-0.15, -0.1) is 0 Å². The summed E-state index contributed by atoms with van der Waals surface area (Å²) in [6.07, 6.45) is -4.73. The molecule has 82 valence electrons. The summed E-state index contributed by atoms with van der Waals surface area (Å²) >= 11 is 0. The average molecular weight is 218 g/mol. The Hall–Kier alpha value is -1.52. The van der Waals surface area contributed by atoms with E-state index in [2.05, 4.69) is 0 Å². The van der Waals surface area contributed by atoms with E-state index >= 15 is 0 Å². The number of ketones is 1. The number of hydrogen-bond donors (Lipinski definition) is 1. The van der Waals surface area contributed by atoms with Gasteiger partial charge in [-0.3, -0.25) is 4.79 Å². The molecule has 0 amide bonds. The first-order chi connectivity index (χ1) is 6.75. The third-order valence-electron chi connectivity index (χ3n) is 2.03. The molecule has 0 aliphatic heterocycles. The molecule has 0 heterocycles. The van der Waals surface area contributed by atoms with E-state index in [4.69, 9.17) is 5.11 Å². The lowest BCUT2D eigenvalue weighted by Crippen LogP contribution is -2.13. The zero-order chi connectivity index (χ0) is 11.8. The second-order valence-electron chi connectivity index (χ2n) is 3.21. The molecular formula is C10H9F3O2. The topological polar surface area (TPSA) is 37.3 Å². The van der Waals surface area contributed by atoms with Crippen LogP contribution in [0.2, 0.25) is 0 Å². The van der Waals surface area contributed by atoms with Crippen LogP contribution in [0.25, 0.3) is 0 Å². The lowest BCUT2D eigenvalue weighted by Gasteiger charge is -2.14. The number of carbonyl (C=O) groups is 1. The highest BCUT2D eigenvalue weighted by Crippen LogP contribution is 2.39. The molecule has 0 spiro atoms. The number of aryl methyl sites for hydroxylation is 1. The summed E-state index contributed by atoms with van der Waals surface area (Å²) in [5.74, 6) is -1.63. The Morgan fingerprint density at radius 1 is 1.33 bits per heavy atom. The third-order valence-corrected chi connectivity index (χ3v) is 2.03. The van der Waals surface area contributed by atoms with Gasteiger partial charge in [-0.05, 0) is 25.5 Å². The highest BCUT2D eigenvalue weighted by Gasteiger charge is 2.38. The van der Waals surface area contributed by atoms with Gasteiger partial charge in [0.2, 0.25) is 0 Å². The molecular weight excluding hydrogens is 209 g/mol. The van der Waals surface area contributed by atoms with E-state index in [-0.39, 0.29) is 5.56 Å². The molecule has 1 N–H and O–H groups in total. The van der Waals surface area contributed by atoms with Gasteiger partial charge < -0.3 is 5.11 Å². The number of rotatable bonds is 1. The molecule has 2 nitrogen and oxygen atoms in total. The van der Waals surface area contributed by atoms with Gasteiger partial charge in [0.15, 0.2) is 5.78 Å². The Balaban J connectivity index is 3.60. The van der Waals surface area contributed by atoms with Crippen molar-refractivity contribution < 1.29 is 23.1 Å². The highest BCUT2D eigenvalue weighted by atomic mass is 19.4. The molecule has 1 rings (SSSR count). The lowest BCUT2D eigenvalue weighted by molar-refractivity contribution is -0.139. The molecule has 0 aromatic heterocycles. The van der Waals surface area contributed by atoms with E-state index in [1.165, 1.54) is 13.0 Å². The Kier molecular flexibility index (Phi) is 2.75. The van der Waals surface area contributed by atoms with Gasteiger partial charge in [0.05, 0.1) is 0 Å². The first-order valence-electron chi connectivity index (χ1n) is 4.16. The first-order valence-corrected chi connectivity index (χ1v) is 4.16. The number of halogens is 3. The number of alkyl halides is 3. The molecule has 0 saturated carbocycles. The van der Waals surface area contributed by atoms with Crippen molar-refractivity contribution in [2.45, 2.75) is 20.0 Å². The minimum atomic E-state index is -4.73. The second-order valence-corrected chi connectivity index (χ2v) is 3.21. The highest BCUT2D eigenvalue weighted by molar-refractivity contribution is 5.97. The average Bonchev–Trinajstić information content (AvgIpc) is 2.05. The van der Waals surface area contributed by atoms with Crippen molar-refractivity contribution in [3.63, 3.8) is 0 Å². The van der Waals surface area contributed by atoms with E-state index in [0.717, 1.165) is 13.0 Å². The number of aromatic hydroxyl groups is 1. The van der Waals surface area contributed by atoms with Gasteiger partial charge in [-0.25, -0.2) is 0 Å². The van der Waals surface area contributed by atoms with Crippen LogP contribution in [-0.4, -0.2) is 10.9 Å². The zero-order valence-corrected chi connectivity index (χ0v) is 8.14. The van der Waals surface area contributed by atoms with E-state index in [9.17, 15) is 18.0 Å². The van der Waals surface area contributed by atoms with Crippen LogP contribution in [0.5, 0.6) is 5.75 Å². The van der Waals surface area contributed by atoms with Crippen molar-refractivity contribution in [2.24, 2.45) is 0 Å². The lowest BCUT2D eigenvalue weighted by atomic mass is 9.97. The number of Topliss-reactive ketones (excluding diaryl/α,β-unsaturated/α-hetero) is 1. The van der Waals surface area contributed by atoms with Gasteiger partial charge in [0, 0.05) is 5.56 Å². The Morgan fingerprint density at radius 2 is 1.87 bits per heavy atom. The fraction of sp³-hybridized carbons (Fsp3) is 0.300. The normalized spacial score (nSPS) is 11.5. The standard InChI is InChI=1S/C10H9F3O2/c1-5-3-4-7(15)9(10(11,12)13)8(5)6(2)14/h3-4,15H,1-2H3. The summed E-state index contributed by atoms with van der Waals surface area (Å²) in [5, 5.41) is 9.13. The van der Waals surface area contributed by atoms with Crippen LogP contribution in [0.3, 0.4) is 0 Å². The van der Waals surface area contributed by atoms with Crippen LogP contribution >= 0.6 is 0 Å². The quantitative estimate of drug-likeness (QED) is 0.736. The number of benzene rings is 1. The van der Waals surface area contributed by atoms with Crippen LogP contribution in [-0.2, 0) is 6.18 Å². The van der Waals surface area contributed by atoms with Crippen LogP contribution < -0.4 is 0 Å². The molecule has 5 heteroatoms. The van der Waals surface area contributed by atoms with E-state index in [1.54, 1.807) is 0 Å². The van der Waals surface area contributed by atoms with E-state index in [1.807, 2.05) is 0 Å². The fourth-order valence-corrected chi connectivity index (χ4v) is 1.44. The minimum Gasteiger partial charge on any atom is -0.507 e. The monoisotopic (exact) mass is 218 g/mol. The molecule has 1 aromatic carbocycles. The largest absolute Gasteiger partial charge is 0.507 e. The second kappa shape index (κ2) is 3.56. The summed E-state index contributed by atoms with van der Waals surface area (Å²) in [6.45, 7) is 2.43. The van der Waals surface area contributed by atoms with Crippen molar-refractivity contribution in [1.29, 1.82) is 0 Å². The fourth-order valence-electron chi connectivity index (χ4n) is 1.44. The van der Waals surface area contributed by atoms with Gasteiger partial charge in [0.1, 0.15) is 11.3 Å². The van der Waals surface area contributed by atoms with Gasteiger partial charge in [-0.2, -0.15) is 13.2 Å². The van der Waals surface area contributed by atoms with E-state index in [0.29, 0.717) is 0 Å². The molecule has 0 radical (unpaired) electrons. The number of carbonyl (C=O) groups excluding carboxylic acids is 1. The number of hydrogen-bond acceptors (Lipinski definition) is 2. The molecule has 0 bridgehead atoms. The van der Waals surface area contributed by atoms with Crippen LogP contribution in [0.1, 0.15) is 28.4 Å². The summed E-state index contributed by atoms with van der Waals surface area (Å²) in [5.41, 5.74) is -1.52. The zero-order valence-electron chi connectivity index (χ0n) is 8.14. The molecule has 0 aliphatic carbocycles. The predicted octanol–water partition coefficient (Wildman–Crippen LogP) is 2.92. The SMILES string of the molecule is CC(=O)c1c(C)ccc(O)c1C(F)(F)F. The summed E-state index contributed by atoms with van der Waals surface area (Å²) in [6, 6.07) is 2.21. The summed E-state index contributed by atoms with van der Waals surface area (Å²) < 4.78 is 37.6. The van der Waals surface area contributed by atoms with Crippen molar-refractivity contribution in [2.75, 3.05) is 0 Å². The Labute approximate surface area is 84.3 Å². The van der Waals surface area contributed by atoms with Crippen LogP contribution in [0, 0.1) is 6.92 Å². The maximum atomic E-state index is 12.5. The molecule has 1 aromatic rings. The van der Waals surface area contributed by atoms with Crippen molar-refractivity contribution in [1.82, 2.24) is 0 Å². The van der Waals surface area contributed by atoms with Gasteiger partial charge in [0.25, 0.3) is 0 Å². The van der Waals surface area contributed by atoms with Gasteiger partial charge >= 0.3 is 6.18 Å². The Bertz CT molecular complexity index is 408. The molecule has 0 aliphatic rings. The maximum absolute atomic E-state index is 12.5. The molecule has 0 unspecified atom stereocenters. The van der Waals surface area contributed by atoms with E-state index < -0.39 is 28.8 Å². The number of phenols is 1. The third kappa shape index (κ3) is 2.11. The maximum Gasteiger partial charge on any atom is 0.420 e. The summed E-state index contributed by atoms with van der Waals surface area (Å²) in [4.78, 5) is 11.1. The number of phenolic OH excluding ortho intramolecular Hbond substituents is 1. The Morgan fingerprint density at radius 3 is 2.20 bits per heavy atom. The predicted molar refractivity (Wildman–Crippen MR) is 47.9 cm³/mol. The van der Waals surface area contributed by atoms with Crippen LogP contribution in [0.15, 0.2) is 12.1 Å². The van der Waals surface area contributed by atoms with Gasteiger partial charge in [-0.1, -0.05) is 6.07 Å². The molecule has 0 fully saturated rings. The smallest absolute Gasteiger partial charge is 0.420 e. The summed E-state index contributed by atoms with van der Waals surface area (Å²) in [7, 11) is 0. The van der Waals surface area contributed by atoms with Crippen molar-refractivity contribution in [3.8, 4) is 5.75 Å². The first kappa shape index (κ1) is 11.6. The van der Waals surface area contributed by atoms with Crippen LogP contribution in [0.4, 0.5) is 13.2 Å². The molecule has 0 atom stereocenters. The minimum absolute atomic E-state index is 0.202. The molecule has 0 saturated heterocycles.